The Morgan fingerprint density at radius 3 is 2.70 bits per heavy atom. The molecular weight excluding hydrogens is 292 g/mol. The van der Waals surface area contributed by atoms with Gasteiger partial charge in [-0.25, -0.2) is 4.98 Å². The van der Waals surface area contributed by atoms with E-state index in [1.165, 1.54) is 0 Å². The average Bonchev–Trinajstić information content (AvgIpc) is 2.38. The lowest BCUT2D eigenvalue weighted by atomic mass is 10.1. The third kappa shape index (κ3) is 5.71. The number of carbonyl (C=O) groups is 1. The van der Waals surface area contributed by atoms with Gasteiger partial charge in [0.1, 0.15) is 5.15 Å². The van der Waals surface area contributed by atoms with Crippen LogP contribution in [0.4, 0.5) is 0 Å². The average molecular weight is 315 g/mol. The molecule has 0 saturated heterocycles. The molecule has 0 saturated carbocycles. The van der Waals surface area contributed by atoms with E-state index < -0.39 is 0 Å². The predicted molar refractivity (Wildman–Crippen MR) is 87.9 cm³/mol. The molecule has 0 aliphatic heterocycles. The van der Waals surface area contributed by atoms with Crippen molar-refractivity contribution in [2.45, 2.75) is 46.1 Å². The molecule has 1 unspecified atom stereocenters. The molecule has 0 aromatic carbocycles. The van der Waals surface area contributed by atoms with E-state index in [9.17, 15) is 4.79 Å². The summed E-state index contributed by atoms with van der Waals surface area (Å²) in [5.74, 6) is 2.34. The van der Waals surface area contributed by atoms with Crippen molar-refractivity contribution in [3.63, 3.8) is 0 Å². The predicted octanol–water partition coefficient (Wildman–Crippen LogP) is 4.12. The van der Waals surface area contributed by atoms with E-state index in [2.05, 4.69) is 17.2 Å². The molecule has 20 heavy (non-hydrogen) atoms. The first-order chi connectivity index (χ1) is 9.43. The van der Waals surface area contributed by atoms with Gasteiger partial charge in [0, 0.05) is 17.3 Å². The van der Waals surface area contributed by atoms with Crippen LogP contribution >= 0.6 is 23.4 Å². The molecule has 0 aliphatic rings. The molecule has 112 valence electrons. The summed E-state index contributed by atoms with van der Waals surface area (Å²) in [4.78, 5) is 16.4. The van der Waals surface area contributed by atoms with Crippen molar-refractivity contribution in [3.05, 3.63) is 28.5 Å². The maximum atomic E-state index is 12.2. The first kappa shape index (κ1) is 17.3. The van der Waals surface area contributed by atoms with E-state index in [1.54, 1.807) is 6.07 Å². The third-order valence-electron chi connectivity index (χ3n) is 2.94. The van der Waals surface area contributed by atoms with E-state index in [0.717, 1.165) is 23.6 Å². The number of nitrogens with zero attached hydrogens (tertiary/aromatic N) is 1. The van der Waals surface area contributed by atoms with Crippen molar-refractivity contribution in [3.8, 4) is 0 Å². The Morgan fingerprint density at radius 1 is 1.40 bits per heavy atom. The quantitative estimate of drug-likeness (QED) is 0.608. The van der Waals surface area contributed by atoms with Crippen molar-refractivity contribution < 1.29 is 4.79 Å². The number of nitrogens with one attached hydrogen (secondary N) is 1. The maximum Gasteiger partial charge on any atom is 0.251 e. The molecule has 1 heterocycles. The van der Waals surface area contributed by atoms with E-state index in [-0.39, 0.29) is 17.9 Å². The molecule has 1 aromatic heterocycles. The number of aromatic nitrogens is 1. The van der Waals surface area contributed by atoms with Gasteiger partial charge in [-0.1, -0.05) is 32.4 Å². The van der Waals surface area contributed by atoms with Gasteiger partial charge in [0.2, 0.25) is 0 Å². The van der Waals surface area contributed by atoms with Gasteiger partial charge < -0.3 is 5.32 Å². The van der Waals surface area contributed by atoms with E-state index in [1.807, 2.05) is 38.6 Å². The zero-order valence-electron chi connectivity index (χ0n) is 12.6. The molecule has 0 bridgehead atoms. The molecule has 1 aromatic rings. The highest BCUT2D eigenvalue weighted by Crippen LogP contribution is 2.18. The Hall–Kier alpha value is -0.740. The molecule has 0 fully saturated rings. The molecular formula is C15H23ClN2OS. The molecule has 3 nitrogen and oxygen atoms in total. The minimum atomic E-state index is -0.0785. The monoisotopic (exact) mass is 314 g/mol. The van der Waals surface area contributed by atoms with Crippen LogP contribution in [-0.4, -0.2) is 28.4 Å². The highest BCUT2D eigenvalue weighted by Gasteiger charge is 2.13. The largest absolute Gasteiger partial charge is 0.350 e. The van der Waals surface area contributed by atoms with Crippen LogP contribution in [0.3, 0.4) is 0 Å². The molecule has 1 rings (SSSR count). The fourth-order valence-electron chi connectivity index (χ4n) is 1.73. The highest BCUT2D eigenvalue weighted by atomic mass is 35.5. The molecule has 0 spiro atoms. The van der Waals surface area contributed by atoms with Crippen molar-refractivity contribution in [2.24, 2.45) is 0 Å². The van der Waals surface area contributed by atoms with Crippen molar-refractivity contribution in [1.82, 2.24) is 10.3 Å². The van der Waals surface area contributed by atoms with Gasteiger partial charge in [-0.05, 0) is 42.9 Å². The summed E-state index contributed by atoms with van der Waals surface area (Å²) >= 11 is 7.87. The number of pyridine rings is 1. The van der Waals surface area contributed by atoms with Crippen LogP contribution in [0.5, 0.6) is 0 Å². The Labute approximate surface area is 130 Å². The van der Waals surface area contributed by atoms with Crippen LogP contribution < -0.4 is 5.32 Å². The summed E-state index contributed by atoms with van der Waals surface area (Å²) in [6, 6.07) is 3.60. The second-order valence-corrected chi connectivity index (χ2v) is 6.90. The SMILES string of the molecule is CCSCCC(C)NC(=O)c1cc(Cl)nc(C(C)C)c1. The van der Waals surface area contributed by atoms with Gasteiger partial charge in [0.15, 0.2) is 0 Å². The van der Waals surface area contributed by atoms with Crippen molar-refractivity contribution in [2.75, 3.05) is 11.5 Å². The minimum Gasteiger partial charge on any atom is -0.350 e. The standard InChI is InChI=1S/C15H23ClN2OS/c1-5-20-7-6-11(4)17-15(19)12-8-13(10(2)3)18-14(16)9-12/h8-11H,5-7H2,1-4H3,(H,17,19). The molecule has 1 amide bonds. The Balaban J connectivity index is 2.67. The van der Waals surface area contributed by atoms with E-state index >= 15 is 0 Å². The zero-order valence-corrected chi connectivity index (χ0v) is 14.1. The van der Waals surface area contributed by atoms with Crippen LogP contribution in [0.25, 0.3) is 0 Å². The van der Waals surface area contributed by atoms with Gasteiger partial charge in [-0.15, -0.1) is 0 Å². The first-order valence-corrected chi connectivity index (χ1v) is 8.53. The number of hydrogen-bond donors (Lipinski definition) is 1. The van der Waals surface area contributed by atoms with Crippen LogP contribution in [0.1, 0.15) is 56.1 Å². The van der Waals surface area contributed by atoms with Gasteiger partial charge in [0.25, 0.3) is 5.91 Å². The van der Waals surface area contributed by atoms with Crippen LogP contribution in [0, 0.1) is 0 Å². The fraction of sp³-hybridized carbons (Fsp3) is 0.600. The molecule has 1 N–H and O–H groups in total. The zero-order chi connectivity index (χ0) is 15.1. The summed E-state index contributed by atoms with van der Waals surface area (Å²) in [5, 5.41) is 3.38. The number of thioether (sulfide) groups is 1. The molecule has 5 heteroatoms. The number of amides is 1. The summed E-state index contributed by atoms with van der Waals surface area (Å²) in [5.41, 5.74) is 1.43. The van der Waals surface area contributed by atoms with Crippen molar-refractivity contribution in [1.29, 1.82) is 0 Å². The van der Waals surface area contributed by atoms with E-state index in [4.69, 9.17) is 11.6 Å². The lowest BCUT2D eigenvalue weighted by molar-refractivity contribution is 0.0939. The summed E-state index contributed by atoms with van der Waals surface area (Å²) in [6.07, 6.45) is 0.972. The second-order valence-electron chi connectivity index (χ2n) is 5.12. The van der Waals surface area contributed by atoms with Crippen LogP contribution in [0.2, 0.25) is 5.15 Å². The molecule has 1 atom stereocenters. The Bertz CT molecular complexity index is 451. The van der Waals surface area contributed by atoms with Gasteiger partial charge in [0.05, 0.1) is 0 Å². The third-order valence-corrected chi connectivity index (χ3v) is 4.07. The Morgan fingerprint density at radius 2 is 2.10 bits per heavy atom. The summed E-state index contributed by atoms with van der Waals surface area (Å²) in [7, 11) is 0. The lowest BCUT2D eigenvalue weighted by Crippen LogP contribution is -2.33. The fourth-order valence-corrected chi connectivity index (χ4v) is 2.75. The highest BCUT2D eigenvalue weighted by molar-refractivity contribution is 7.99. The maximum absolute atomic E-state index is 12.2. The first-order valence-electron chi connectivity index (χ1n) is 7.00. The normalized spacial score (nSPS) is 12.5. The summed E-state index contributed by atoms with van der Waals surface area (Å²) in [6.45, 7) is 8.23. The Kier molecular flexibility index (Phi) is 7.38. The minimum absolute atomic E-state index is 0.0785. The van der Waals surface area contributed by atoms with Gasteiger partial charge in [-0.2, -0.15) is 11.8 Å². The smallest absolute Gasteiger partial charge is 0.251 e. The number of hydrogen-bond acceptors (Lipinski definition) is 3. The number of carbonyl (C=O) groups excluding carboxylic acids is 1. The van der Waals surface area contributed by atoms with Crippen LogP contribution in [0.15, 0.2) is 12.1 Å². The lowest BCUT2D eigenvalue weighted by Gasteiger charge is -2.14. The second kappa shape index (κ2) is 8.53. The topological polar surface area (TPSA) is 42.0 Å². The van der Waals surface area contributed by atoms with Crippen LogP contribution in [-0.2, 0) is 0 Å². The number of rotatable bonds is 7. The number of halogens is 1. The van der Waals surface area contributed by atoms with Gasteiger partial charge >= 0.3 is 0 Å². The molecule has 0 radical (unpaired) electrons. The van der Waals surface area contributed by atoms with E-state index in [0.29, 0.717) is 10.7 Å². The van der Waals surface area contributed by atoms with Crippen molar-refractivity contribution >= 4 is 29.3 Å². The molecule has 0 aliphatic carbocycles. The summed E-state index contributed by atoms with van der Waals surface area (Å²) < 4.78 is 0. The van der Waals surface area contributed by atoms with Gasteiger partial charge in [-0.3, -0.25) is 4.79 Å².